The van der Waals surface area contributed by atoms with Gasteiger partial charge in [0.15, 0.2) is 0 Å². The van der Waals surface area contributed by atoms with Crippen molar-refractivity contribution in [3.63, 3.8) is 0 Å². The first-order valence-electron chi connectivity index (χ1n) is 4.83. The second kappa shape index (κ2) is 5.73. The number of unbranched alkanes of at least 4 members (excludes halogenated alkanes) is 1. The highest BCUT2D eigenvalue weighted by atomic mass is 16.2. The molecule has 76 valence electrons. The Labute approximate surface area is 80.1 Å². The standard InChI is InChI=1S/C10H19NO2/c1-5-6-7-10(13)11(8(2)3)9(4)12/h8H,5-7H2,1-4H3. The van der Waals surface area contributed by atoms with Gasteiger partial charge >= 0.3 is 0 Å². The Morgan fingerprint density at radius 1 is 1.31 bits per heavy atom. The van der Waals surface area contributed by atoms with E-state index < -0.39 is 0 Å². The predicted molar refractivity (Wildman–Crippen MR) is 52.2 cm³/mol. The molecule has 0 fully saturated rings. The van der Waals surface area contributed by atoms with E-state index in [1.165, 1.54) is 11.8 Å². The number of amides is 2. The van der Waals surface area contributed by atoms with Crippen LogP contribution in [0, 0.1) is 0 Å². The van der Waals surface area contributed by atoms with Gasteiger partial charge in [-0.3, -0.25) is 14.5 Å². The molecule has 0 aromatic rings. The van der Waals surface area contributed by atoms with Crippen LogP contribution in [0.3, 0.4) is 0 Å². The maximum atomic E-state index is 11.5. The maximum absolute atomic E-state index is 11.5. The average Bonchev–Trinajstić information content (AvgIpc) is 1.99. The first-order chi connectivity index (χ1) is 6.00. The van der Waals surface area contributed by atoms with Gasteiger partial charge in [0, 0.05) is 19.4 Å². The molecule has 0 N–H and O–H groups in total. The second-order valence-electron chi connectivity index (χ2n) is 3.48. The Kier molecular flexibility index (Phi) is 5.35. The topological polar surface area (TPSA) is 37.4 Å². The first kappa shape index (κ1) is 12.1. The van der Waals surface area contributed by atoms with Gasteiger partial charge in [-0.2, -0.15) is 0 Å². The molecule has 0 saturated heterocycles. The van der Waals surface area contributed by atoms with Crippen LogP contribution in [0.1, 0.15) is 47.0 Å². The van der Waals surface area contributed by atoms with Gasteiger partial charge in [-0.1, -0.05) is 13.3 Å². The molecule has 0 atom stereocenters. The zero-order valence-electron chi connectivity index (χ0n) is 8.96. The smallest absolute Gasteiger partial charge is 0.229 e. The summed E-state index contributed by atoms with van der Waals surface area (Å²) in [6.45, 7) is 7.17. The highest BCUT2D eigenvalue weighted by molar-refractivity contribution is 5.94. The van der Waals surface area contributed by atoms with Gasteiger partial charge in [0.05, 0.1) is 0 Å². The summed E-state index contributed by atoms with van der Waals surface area (Å²) < 4.78 is 0. The van der Waals surface area contributed by atoms with E-state index in [4.69, 9.17) is 0 Å². The van der Waals surface area contributed by atoms with Crippen LogP contribution >= 0.6 is 0 Å². The summed E-state index contributed by atoms with van der Waals surface area (Å²) in [5.41, 5.74) is 0. The molecule has 0 aliphatic rings. The van der Waals surface area contributed by atoms with Crippen LogP contribution in [0.2, 0.25) is 0 Å². The van der Waals surface area contributed by atoms with Crippen LogP contribution < -0.4 is 0 Å². The van der Waals surface area contributed by atoms with Crippen molar-refractivity contribution < 1.29 is 9.59 Å². The van der Waals surface area contributed by atoms with Crippen molar-refractivity contribution in [1.29, 1.82) is 0 Å². The minimum Gasteiger partial charge on any atom is -0.280 e. The van der Waals surface area contributed by atoms with Gasteiger partial charge in [-0.05, 0) is 20.3 Å². The number of carbonyl (C=O) groups is 2. The molecule has 3 nitrogen and oxygen atoms in total. The van der Waals surface area contributed by atoms with Crippen molar-refractivity contribution in [2.75, 3.05) is 0 Å². The van der Waals surface area contributed by atoms with E-state index >= 15 is 0 Å². The Morgan fingerprint density at radius 2 is 1.85 bits per heavy atom. The lowest BCUT2D eigenvalue weighted by molar-refractivity contribution is -0.145. The Bertz CT molecular complexity index is 187. The molecular formula is C10H19NO2. The Balaban J connectivity index is 4.21. The molecule has 0 spiro atoms. The van der Waals surface area contributed by atoms with Crippen LogP contribution in [-0.2, 0) is 9.59 Å². The lowest BCUT2D eigenvalue weighted by atomic mass is 10.2. The van der Waals surface area contributed by atoms with Crippen LogP contribution in [0.5, 0.6) is 0 Å². The maximum Gasteiger partial charge on any atom is 0.229 e. The second-order valence-corrected chi connectivity index (χ2v) is 3.48. The fraction of sp³-hybridized carbons (Fsp3) is 0.800. The lowest BCUT2D eigenvalue weighted by Gasteiger charge is -2.23. The van der Waals surface area contributed by atoms with Crippen molar-refractivity contribution in [2.24, 2.45) is 0 Å². The number of imide groups is 1. The third-order valence-corrected chi connectivity index (χ3v) is 1.87. The molecule has 13 heavy (non-hydrogen) atoms. The molecule has 0 unspecified atom stereocenters. The molecule has 0 aliphatic heterocycles. The lowest BCUT2D eigenvalue weighted by Crippen LogP contribution is -2.40. The number of nitrogens with zero attached hydrogens (tertiary/aromatic N) is 1. The van der Waals surface area contributed by atoms with E-state index in [2.05, 4.69) is 0 Å². The molecule has 0 aromatic carbocycles. The highest BCUT2D eigenvalue weighted by Gasteiger charge is 2.19. The van der Waals surface area contributed by atoms with E-state index in [0.717, 1.165) is 12.8 Å². The van der Waals surface area contributed by atoms with E-state index in [0.29, 0.717) is 6.42 Å². The van der Waals surface area contributed by atoms with Crippen molar-refractivity contribution in [3.8, 4) is 0 Å². The normalized spacial score (nSPS) is 10.2. The summed E-state index contributed by atoms with van der Waals surface area (Å²) in [4.78, 5) is 23.9. The molecule has 3 heteroatoms. The third kappa shape index (κ3) is 4.06. The summed E-state index contributed by atoms with van der Waals surface area (Å²) in [7, 11) is 0. The van der Waals surface area contributed by atoms with Crippen molar-refractivity contribution in [1.82, 2.24) is 4.90 Å². The molecule has 2 amide bonds. The van der Waals surface area contributed by atoms with Crippen molar-refractivity contribution in [3.05, 3.63) is 0 Å². The average molecular weight is 185 g/mol. The SMILES string of the molecule is CCCCC(=O)N(C(C)=O)C(C)C. The fourth-order valence-corrected chi connectivity index (χ4v) is 1.28. The molecule has 0 rings (SSSR count). The minimum atomic E-state index is -0.156. The van der Waals surface area contributed by atoms with Crippen molar-refractivity contribution >= 4 is 11.8 Å². The van der Waals surface area contributed by atoms with Gasteiger partial charge < -0.3 is 0 Å². The van der Waals surface area contributed by atoms with Gasteiger partial charge in [-0.15, -0.1) is 0 Å². The van der Waals surface area contributed by atoms with Crippen LogP contribution in [-0.4, -0.2) is 22.8 Å². The zero-order chi connectivity index (χ0) is 10.4. The summed E-state index contributed by atoms with van der Waals surface area (Å²) >= 11 is 0. The molecule has 0 bridgehead atoms. The number of carbonyl (C=O) groups excluding carboxylic acids is 2. The van der Waals surface area contributed by atoms with E-state index in [-0.39, 0.29) is 17.9 Å². The van der Waals surface area contributed by atoms with Crippen molar-refractivity contribution in [2.45, 2.75) is 53.0 Å². The fourth-order valence-electron chi connectivity index (χ4n) is 1.28. The predicted octanol–water partition coefficient (Wildman–Crippen LogP) is 1.96. The minimum absolute atomic E-state index is 0.0261. The molecule has 0 saturated carbocycles. The molecule has 0 aliphatic carbocycles. The summed E-state index contributed by atoms with van der Waals surface area (Å²) in [5, 5.41) is 0. The number of hydrogen-bond acceptors (Lipinski definition) is 2. The summed E-state index contributed by atoms with van der Waals surface area (Å²) in [6, 6.07) is -0.0261. The summed E-state index contributed by atoms with van der Waals surface area (Å²) in [6.07, 6.45) is 2.32. The van der Waals surface area contributed by atoms with E-state index in [1.54, 1.807) is 0 Å². The van der Waals surface area contributed by atoms with Crippen LogP contribution in [0.15, 0.2) is 0 Å². The Hall–Kier alpha value is -0.860. The van der Waals surface area contributed by atoms with Gasteiger partial charge in [0.25, 0.3) is 0 Å². The quantitative estimate of drug-likeness (QED) is 0.671. The monoisotopic (exact) mass is 185 g/mol. The van der Waals surface area contributed by atoms with E-state index in [1.807, 2.05) is 20.8 Å². The number of hydrogen-bond donors (Lipinski definition) is 0. The third-order valence-electron chi connectivity index (χ3n) is 1.87. The van der Waals surface area contributed by atoms with Crippen LogP contribution in [0.4, 0.5) is 0 Å². The Morgan fingerprint density at radius 3 is 2.15 bits per heavy atom. The summed E-state index contributed by atoms with van der Waals surface area (Å²) in [5.74, 6) is -0.208. The molecule has 0 heterocycles. The molecule has 0 radical (unpaired) electrons. The van der Waals surface area contributed by atoms with Gasteiger partial charge in [0.1, 0.15) is 0 Å². The highest BCUT2D eigenvalue weighted by Crippen LogP contribution is 2.05. The largest absolute Gasteiger partial charge is 0.280 e. The molecule has 0 aromatic heterocycles. The first-order valence-corrected chi connectivity index (χ1v) is 4.83. The van der Waals surface area contributed by atoms with Gasteiger partial charge in [-0.25, -0.2) is 0 Å². The van der Waals surface area contributed by atoms with Crippen LogP contribution in [0.25, 0.3) is 0 Å². The molecular weight excluding hydrogens is 166 g/mol. The zero-order valence-corrected chi connectivity index (χ0v) is 8.96. The number of rotatable bonds is 4. The van der Waals surface area contributed by atoms with E-state index in [9.17, 15) is 9.59 Å². The van der Waals surface area contributed by atoms with Gasteiger partial charge in [0.2, 0.25) is 11.8 Å².